The minimum atomic E-state index is -3.56. The number of primary sulfonamides is 1. The van der Waals surface area contributed by atoms with E-state index >= 15 is 0 Å². The van der Waals surface area contributed by atoms with Crippen LogP contribution in [0, 0.1) is 0 Å². The molecule has 1 rings (SSSR count). The molecular weight excluding hydrogens is 284 g/mol. The molecule has 8 heteroatoms. The summed E-state index contributed by atoms with van der Waals surface area (Å²) in [5.74, 6) is 0. The molecule has 1 fully saturated rings. The van der Waals surface area contributed by atoms with Crippen LogP contribution in [0.3, 0.4) is 0 Å². The van der Waals surface area contributed by atoms with E-state index in [-0.39, 0.29) is 32.3 Å². The van der Waals surface area contributed by atoms with Gasteiger partial charge < -0.3 is 15.2 Å². The lowest BCUT2D eigenvalue weighted by atomic mass is 9.85. The average molecular weight is 308 g/mol. The van der Waals surface area contributed by atoms with Crippen LogP contribution in [-0.2, 0) is 14.8 Å². The molecule has 0 aromatic rings. The van der Waals surface area contributed by atoms with Crippen molar-refractivity contribution in [1.29, 1.82) is 0 Å². The number of hydrogen-bond acceptors (Lipinski definition) is 5. The van der Waals surface area contributed by atoms with E-state index in [1.807, 2.05) is 20.8 Å². The highest BCUT2D eigenvalue weighted by Gasteiger charge is 2.38. The number of nitrogens with one attached hydrogen (secondary N) is 1. The van der Waals surface area contributed by atoms with Crippen molar-refractivity contribution in [1.82, 2.24) is 5.32 Å². The second-order valence-electron chi connectivity index (χ2n) is 6.46. The number of alkyl carbamates (subject to hydrolysis) is 1. The Kier molecular flexibility index (Phi) is 5.04. The second-order valence-corrected chi connectivity index (χ2v) is 8.31. The van der Waals surface area contributed by atoms with Gasteiger partial charge in [-0.1, -0.05) is 0 Å². The van der Waals surface area contributed by atoms with Crippen molar-refractivity contribution in [3.8, 4) is 0 Å². The van der Waals surface area contributed by atoms with Gasteiger partial charge in [0.1, 0.15) is 6.61 Å². The van der Waals surface area contributed by atoms with E-state index in [1.165, 1.54) is 0 Å². The van der Waals surface area contributed by atoms with Gasteiger partial charge in [0, 0.05) is 5.54 Å². The zero-order chi connectivity index (χ0) is 15.6. The number of carbonyl (C=O) groups is 1. The van der Waals surface area contributed by atoms with E-state index in [1.54, 1.807) is 0 Å². The predicted molar refractivity (Wildman–Crippen MR) is 74.5 cm³/mol. The Balaban J connectivity index is 2.44. The summed E-state index contributed by atoms with van der Waals surface area (Å²) in [7, 11) is -3.56. The Bertz CT molecular complexity index is 447. The van der Waals surface area contributed by atoms with Gasteiger partial charge in [0.2, 0.25) is 10.0 Å². The predicted octanol–water partition coefficient (Wildman–Crippen LogP) is 0.473. The molecule has 0 saturated heterocycles. The molecule has 0 atom stereocenters. The van der Waals surface area contributed by atoms with Gasteiger partial charge in [-0.25, -0.2) is 18.4 Å². The molecule has 0 aromatic carbocycles. The summed E-state index contributed by atoms with van der Waals surface area (Å²) in [6, 6.07) is 0. The summed E-state index contributed by atoms with van der Waals surface area (Å²) < 4.78 is 27.4. The second kappa shape index (κ2) is 5.87. The first-order valence-electron chi connectivity index (χ1n) is 6.60. The lowest BCUT2D eigenvalue weighted by Gasteiger charge is -2.34. The van der Waals surface area contributed by atoms with Crippen LogP contribution < -0.4 is 10.5 Å². The van der Waals surface area contributed by atoms with Crippen LogP contribution in [0.5, 0.6) is 0 Å². The Morgan fingerprint density at radius 1 is 1.40 bits per heavy atom. The molecule has 1 amide bonds. The molecule has 0 unspecified atom stereocenters. The quantitative estimate of drug-likeness (QED) is 0.700. The number of rotatable bonds is 3. The van der Waals surface area contributed by atoms with Gasteiger partial charge in [-0.05, 0) is 46.5 Å². The normalized spacial score (nSPS) is 27.9. The van der Waals surface area contributed by atoms with Crippen LogP contribution in [-0.4, -0.2) is 42.6 Å². The van der Waals surface area contributed by atoms with Crippen molar-refractivity contribution in [2.45, 2.75) is 62.8 Å². The van der Waals surface area contributed by atoms with E-state index in [0.29, 0.717) is 0 Å². The van der Waals surface area contributed by atoms with E-state index in [4.69, 9.17) is 9.88 Å². The minimum absolute atomic E-state index is 0.147. The van der Waals surface area contributed by atoms with Gasteiger partial charge in [-0.3, -0.25) is 0 Å². The molecule has 4 N–H and O–H groups in total. The van der Waals surface area contributed by atoms with Crippen LogP contribution in [0.15, 0.2) is 0 Å². The summed E-state index contributed by atoms with van der Waals surface area (Å²) >= 11 is 0. The minimum Gasteiger partial charge on any atom is -0.446 e. The van der Waals surface area contributed by atoms with Crippen molar-refractivity contribution in [3.05, 3.63) is 0 Å². The number of nitrogens with two attached hydrogens (primary N) is 1. The largest absolute Gasteiger partial charge is 0.446 e. The number of carbonyl (C=O) groups excluding carboxylic acids is 1. The number of amides is 1. The summed E-state index contributed by atoms with van der Waals surface area (Å²) in [6.07, 6.45) is 0.451. The average Bonchev–Trinajstić information content (AvgIpc) is 2.23. The zero-order valence-electron chi connectivity index (χ0n) is 12.2. The summed E-state index contributed by atoms with van der Waals surface area (Å²) in [6.45, 7) is 5.31. The third-order valence-electron chi connectivity index (χ3n) is 3.28. The van der Waals surface area contributed by atoms with Crippen molar-refractivity contribution in [2.75, 3.05) is 6.61 Å². The Morgan fingerprint density at radius 3 is 2.30 bits per heavy atom. The number of hydrogen-bond donors (Lipinski definition) is 3. The summed E-state index contributed by atoms with van der Waals surface area (Å²) in [5.41, 5.74) is -1.58. The molecule has 1 saturated carbocycles. The first-order chi connectivity index (χ1) is 8.91. The third kappa shape index (κ3) is 5.64. The van der Waals surface area contributed by atoms with Gasteiger partial charge in [-0.15, -0.1) is 0 Å². The topological polar surface area (TPSA) is 119 Å². The number of sulfonamides is 1. The molecule has 20 heavy (non-hydrogen) atoms. The SMILES string of the molecule is CC(C)(C)NC(=O)OCC1(O)CCC(S(N)(=O)=O)CC1. The van der Waals surface area contributed by atoms with Crippen molar-refractivity contribution in [2.24, 2.45) is 5.14 Å². The monoisotopic (exact) mass is 308 g/mol. The van der Waals surface area contributed by atoms with Gasteiger partial charge in [0.05, 0.1) is 10.9 Å². The Labute approximate surface area is 119 Å². The molecule has 0 radical (unpaired) electrons. The van der Waals surface area contributed by atoms with Crippen LogP contribution >= 0.6 is 0 Å². The fourth-order valence-corrected chi connectivity index (χ4v) is 3.04. The maximum absolute atomic E-state index is 11.5. The summed E-state index contributed by atoms with van der Waals surface area (Å²) in [4.78, 5) is 11.5. The van der Waals surface area contributed by atoms with E-state index in [9.17, 15) is 18.3 Å². The summed E-state index contributed by atoms with van der Waals surface area (Å²) in [5, 5.41) is 17.3. The molecule has 7 nitrogen and oxygen atoms in total. The Morgan fingerprint density at radius 2 is 1.90 bits per heavy atom. The molecule has 0 spiro atoms. The first-order valence-corrected chi connectivity index (χ1v) is 8.21. The van der Waals surface area contributed by atoms with Gasteiger partial charge in [0.25, 0.3) is 0 Å². The van der Waals surface area contributed by atoms with Crippen molar-refractivity contribution < 1.29 is 23.1 Å². The highest BCUT2D eigenvalue weighted by molar-refractivity contribution is 7.89. The van der Waals surface area contributed by atoms with Crippen LogP contribution in [0.1, 0.15) is 46.5 Å². The van der Waals surface area contributed by atoms with Crippen molar-refractivity contribution in [3.63, 3.8) is 0 Å². The molecule has 0 aromatic heterocycles. The van der Waals surface area contributed by atoms with E-state index in [0.717, 1.165) is 0 Å². The van der Waals surface area contributed by atoms with Gasteiger partial charge in [0.15, 0.2) is 0 Å². The van der Waals surface area contributed by atoms with Crippen LogP contribution in [0.4, 0.5) is 4.79 Å². The molecule has 1 aliphatic rings. The van der Waals surface area contributed by atoms with E-state index in [2.05, 4.69) is 5.32 Å². The molecule has 0 heterocycles. The van der Waals surface area contributed by atoms with Gasteiger partial charge in [-0.2, -0.15) is 0 Å². The highest BCUT2D eigenvalue weighted by Crippen LogP contribution is 2.31. The third-order valence-corrected chi connectivity index (χ3v) is 4.68. The number of aliphatic hydroxyl groups is 1. The highest BCUT2D eigenvalue weighted by atomic mass is 32.2. The Hall–Kier alpha value is -0.860. The van der Waals surface area contributed by atoms with Crippen LogP contribution in [0.2, 0.25) is 0 Å². The molecule has 118 valence electrons. The van der Waals surface area contributed by atoms with E-state index < -0.39 is 32.5 Å². The lowest BCUT2D eigenvalue weighted by Crippen LogP contribution is -2.46. The van der Waals surface area contributed by atoms with Crippen LogP contribution in [0.25, 0.3) is 0 Å². The fourth-order valence-electron chi connectivity index (χ4n) is 2.14. The fraction of sp³-hybridized carbons (Fsp3) is 0.917. The smallest absolute Gasteiger partial charge is 0.407 e. The maximum atomic E-state index is 11.5. The van der Waals surface area contributed by atoms with Crippen molar-refractivity contribution >= 4 is 16.1 Å². The maximum Gasteiger partial charge on any atom is 0.407 e. The number of ether oxygens (including phenoxy) is 1. The van der Waals surface area contributed by atoms with Gasteiger partial charge >= 0.3 is 6.09 Å². The first kappa shape index (κ1) is 17.2. The molecule has 0 aliphatic heterocycles. The molecule has 0 bridgehead atoms. The standard InChI is InChI=1S/C12H24N2O5S/c1-11(2,3)14-10(15)19-8-12(16)6-4-9(5-7-12)20(13,17)18/h9,16H,4-8H2,1-3H3,(H,14,15)(H2,13,17,18). The zero-order valence-corrected chi connectivity index (χ0v) is 13.0. The molecular formula is C12H24N2O5S. The lowest BCUT2D eigenvalue weighted by molar-refractivity contribution is -0.0471. The molecule has 1 aliphatic carbocycles.